The Hall–Kier alpha value is -1.18. The van der Waals surface area contributed by atoms with E-state index in [0.29, 0.717) is 5.56 Å². The second-order valence-corrected chi connectivity index (χ2v) is 3.91. The van der Waals surface area contributed by atoms with Crippen molar-refractivity contribution < 1.29 is 9.18 Å². The maximum absolute atomic E-state index is 13.0. The summed E-state index contributed by atoms with van der Waals surface area (Å²) in [6.07, 6.45) is 0.928. The summed E-state index contributed by atoms with van der Waals surface area (Å²) in [5.74, 6) is -0.103. The third-order valence-corrected chi connectivity index (χ3v) is 2.43. The summed E-state index contributed by atoms with van der Waals surface area (Å²) >= 11 is 0. The van der Waals surface area contributed by atoms with E-state index in [1.54, 1.807) is 19.1 Å². The Labute approximate surface area is 83.9 Å². The number of rotatable bonds is 3. The Bertz CT molecular complexity index is 331. The van der Waals surface area contributed by atoms with Gasteiger partial charge in [-0.25, -0.2) is 4.39 Å². The maximum Gasteiger partial charge on any atom is 0.127 e. The van der Waals surface area contributed by atoms with Crippen molar-refractivity contribution in [3.63, 3.8) is 0 Å². The summed E-state index contributed by atoms with van der Waals surface area (Å²) in [6.45, 7) is 5.68. The molecule has 1 rings (SSSR count). The van der Waals surface area contributed by atoms with Gasteiger partial charge in [-0.05, 0) is 30.0 Å². The molecule has 0 spiro atoms. The van der Waals surface area contributed by atoms with E-state index in [2.05, 4.69) is 0 Å². The Morgan fingerprint density at radius 2 is 2.00 bits per heavy atom. The molecule has 0 bridgehead atoms. The molecule has 0 saturated heterocycles. The predicted molar refractivity (Wildman–Crippen MR) is 54.8 cm³/mol. The zero-order valence-corrected chi connectivity index (χ0v) is 8.75. The Morgan fingerprint density at radius 1 is 1.36 bits per heavy atom. The van der Waals surface area contributed by atoms with Gasteiger partial charge < -0.3 is 4.79 Å². The van der Waals surface area contributed by atoms with Crippen molar-refractivity contribution in [3.05, 3.63) is 35.1 Å². The Balaban J connectivity index is 3.05. The van der Waals surface area contributed by atoms with Crippen LogP contribution in [0.2, 0.25) is 0 Å². The maximum atomic E-state index is 13.0. The van der Waals surface area contributed by atoms with Gasteiger partial charge in [-0.1, -0.05) is 26.0 Å². The second-order valence-electron chi connectivity index (χ2n) is 3.91. The molecule has 0 heterocycles. The normalized spacial score (nSPS) is 12.9. The first-order chi connectivity index (χ1) is 6.56. The molecule has 0 aliphatic carbocycles. The largest absolute Gasteiger partial charge is 0.303 e. The molecule has 0 N–H and O–H groups in total. The molecule has 2 heteroatoms. The number of hydrogen-bond acceptors (Lipinski definition) is 1. The molecule has 1 aromatic rings. The lowest BCUT2D eigenvalue weighted by Gasteiger charge is -2.15. The van der Waals surface area contributed by atoms with Gasteiger partial charge >= 0.3 is 0 Å². The molecule has 76 valence electrons. The highest BCUT2D eigenvalue weighted by Gasteiger charge is 2.15. The van der Waals surface area contributed by atoms with Crippen LogP contribution in [0.4, 0.5) is 4.39 Å². The van der Waals surface area contributed by atoms with Crippen LogP contribution >= 0.6 is 0 Å². The van der Waals surface area contributed by atoms with Crippen molar-refractivity contribution in [3.8, 4) is 0 Å². The molecule has 1 aromatic carbocycles. The summed E-state index contributed by atoms with van der Waals surface area (Å²) < 4.78 is 13.0. The molecule has 0 saturated carbocycles. The van der Waals surface area contributed by atoms with Crippen LogP contribution in [0.3, 0.4) is 0 Å². The van der Waals surface area contributed by atoms with Gasteiger partial charge in [-0.3, -0.25) is 0 Å². The number of aryl methyl sites for hydroxylation is 1. The standard InChI is InChI=1S/C12H15FO/c1-8(2)11(7-14)10-4-5-12(13)9(3)6-10/h4-8,11H,1-3H3. The van der Waals surface area contributed by atoms with Gasteiger partial charge in [0, 0.05) is 5.92 Å². The van der Waals surface area contributed by atoms with Crippen LogP contribution in [-0.2, 0) is 4.79 Å². The minimum absolute atomic E-state index is 0.130. The SMILES string of the molecule is Cc1cc(C(C=O)C(C)C)ccc1F. The third-order valence-electron chi connectivity index (χ3n) is 2.43. The fraction of sp³-hybridized carbons (Fsp3) is 0.417. The van der Waals surface area contributed by atoms with E-state index in [4.69, 9.17) is 0 Å². The van der Waals surface area contributed by atoms with Gasteiger partial charge in [0.2, 0.25) is 0 Å². The van der Waals surface area contributed by atoms with Gasteiger partial charge in [-0.15, -0.1) is 0 Å². The molecular formula is C12H15FO. The first-order valence-electron chi connectivity index (χ1n) is 4.77. The highest BCUT2D eigenvalue weighted by atomic mass is 19.1. The lowest BCUT2D eigenvalue weighted by molar-refractivity contribution is -0.109. The summed E-state index contributed by atoms with van der Waals surface area (Å²) in [6, 6.07) is 4.85. The van der Waals surface area contributed by atoms with Crippen LogP contribution < -0.4 is 0 Å². The molecule has 0 fully saturated rings. The van der Waals surface area contributed by atoms with E-state index in [1.807, 2.05) is 13.8 Å². The van der Waals surface area contributed by atoms with E-state index in [0.717, 1.165) is 11.8 Å². The molecular weight excluding hydrogens is 179 g/mol. The van der Waals surface area contributed by atoms with Crippen molar-refractivity contribution >= 4 is 6.29 Å². The number of benzene rings is 1. The smallest absolute Gasteiger partial charge is 0.127 e. The van der Waals surface area contributed by atoms with Crippen LogP contribution in [0.25, 0.3) is 0 Å². The van der Waals surface area contributed by atoms with E-state index in [9.17, 15) is 9.18 Å². The van der Waals surface area contributed by atoms with Crippen LogP contribution in [0.15, 0.2) is 18.2 Å². The van der Waals surface area contributed by atoms with Crippen molar-refractivity contribution in [1.29, 1.82) is 0 Å². The lowest BCUT2D eigenvalue weighted by atomic mass is 9.89. The summed E-state index contributed by atoms with van der Waals surface area (Å²) in [4.78, 5) is 10.8. The predicted octanol–water partition coefficient (Wildman–Crippen LogP) is 3.07. The average Bonchev–Trinajstić information content (AvgIpc) is 2.11. The summed E-state index contributed by atoms with van der Waals surface area (Å²) in [5.41, 5.74) is 1.49. The van der Waals surface area contributed by atoms with E-state index in [1.165, 1.54) is 6.07 Å². The van der Waals surface area contributed by atoms with Crippen LogP contribution in [0, 0.1) is 18.7 Å². The first kappa shape index (κ1) is 10.9. The quantitative estimate of drug-likeness (QED) is 0.676. The number of aldehydes is 1. The van der Waals surface area contributed by atoms with Crippen molar-refractivity contribution in [2.75, 3.05) is 0 Å². The van der Waals surface area contributed by atoms with E-state index >= 15 is 0 Å². The lowest BCUT2D eigenvalue weighted by Crippen LogP contribution is -2.08. The molecule has 14 heavy (non-hydrogen) atoms. The van der Waals surface area contributed by atoms with Gasteiger partial charge in [-0.2, -0.15) is 0 Å². The van der Waals surface area contributed by atoms with Gasteiger partial charge in [0.15, 0.2) is 0 Å². The van der Waals surface area contributed by atoms with Crippen molar-refractivity contribution in [2.24, 2.45) is 5.92 Å². The summed E-state index contributed by atoms with van der Waals surface area (Å²) in [5, 5.41) is 0. The zero-order chi connectivity index (χ0) is 10.7. The number of hydrogen-bond donors (Lipinski definition) is 0. The van der Waals surface area contributed by atoms with Crippen LogP contribution in [0.5, 0.6) is 0 Å². The van der Waals surface area contributed by atoms with Crippen LogP contribution in [-0.4, -0.2) is 6.29 Å². The first-order valence-corrected chi connectivity index (χ1v) is 4.77. The van der Waals surface area contributed by atoms with Gasteiger partial charge in [0.1, 0.15) is 12.1 Å². The second kappa shape index (κ2) is 4.36. The van der Waals surface area contributed by atoms with E-state index < -0.39 is 0 Å². The third kappa shape index (κ3) is 2.19. The minimum Gasteiger partial charge on any atom is -0.303 e. The molecule has 0 radical (unpaired) electrons. The number of carbonyl (C=O) groups excluding carboxylic acids is 1. The Morgan fingerprint density at radius 3 is 2.43 bits per heavy atom. The average molecular weight is 194 g/mol. The minimum atomic E-state index is -0.220. The highest BCUT2D eigenvalue weighted by molar-refractivity contribution is 5.62. The molecule has 0 amide bonds. The number of halogens is 1. The Kier molecular flexibility index (Phi) is 3.39. The highest BCUT2D eigenvalue weighted by Crippen LogP contribution is 2.23. The number of carbonyl (C=O) groups is 1. The molecule has 1 atom stereocenters. The van der Waals surface area contributed by atoms with Crippen molar-refractivity contribution in [2.45, 2.75) is 26.7 Å². The molecule has 1 unspecified atom stereocenters. The molecule has 0 aromatic heterocycles. The van der Waals surface area contributed by atoms with E-state index in [-0.39, 0.29) is 17.7 Å². The molecule has 0 aliphatic rings. The molecule has 0 aliphatic heterocycles. The van der Waals surface area contributed by atoms with Crippen LogP contribution in [0.1, 0.15) is 30.9 Å². The fourth-order valence-corrected chi connectivity index (χ4v) is 1.50. The molecule has 1 nitrogen and oxygen atoms in total. The van der Waals surface area contributed by atoms with Gasteiger partial charge in [0.25, 0.3) is 0 Å². The van der Waals surface area contributed by atoms with Crippen molar-refractivity contribution in [1.82, 2.24) is 0 Å². The summed E-state index contributed by atoms with van der Waals surface area (Å²) in [7, 11) is 0. The fourth-order valence-electron chi connectivity index (χ4n) is 1.50. The zero-order valence-electron chi connectivity index (χ0n) is 8.75. The monoisotopic (exact) mass is 194 g/mol. The van der Waals surface area contributed by atoms with Gasteiger partial charge in [0.05, 0.1) is 0 Å². The topological polar surface area (TPSA) is 17.1 Å².